The van der Waals surface area contributed by atoms with E-state index in [-0.39, 0.29) is 25.0 Å². The average Bonchev–Trinajstić information content (AvgIpc) is 3.13. The molecular weight excluding hydrogens is 472 g/mol. The molecule has 2 aromatic carbocycles. The van der Waals surface area contributed by atoms with Gasteiger partial charge in [-0.2, -0.15) is 22.3 Å². The van der Waals surface area contributed by atoms with Crippen molar-refractivity contribution in [1.82, 2.24) is 18.2 Å². The number of nitrogens with zero attached hydrogens (tertiary/aromatic N) is 6. The van der Waals surface area contributed by atoms with E-state index in [0.29, 0.717) is 25.1 Å². The summed E-state index contributed by atoms with van der Waals surface area (Å²) in [7, 11) is 1.35. The third-order valence-corrected chi connectivity index (χ3v) is 8.00. The lowest BCUT2D eigenvalue weighted by molar-refractivity contribution is 0.297. The molecule has 0 bridgehead atoms. The van der Waals surface area contributed by atoms with E-state index in [2.05, 4.69) is 16.0 Å². The molecule has 10 heteroatoms. The van der Waals surface area contributed by atoms with Gasteiger partial charge >= 0.3 is 0 Å². The molecule has 1 aliphatic rings. The molecule has 3 aromatic rings. The van der Waals surface area contributed by atoms with Gasteiger partial charge < -0.3 is 9.47 Å². The van der Waals surface area contributed by atoms with Gasteiger partial charge in [-0.3, -0.25) is 0 Å². The van der Waals surface area contributed by atoms with Crippen LogP contribution in [0.4, 0.5) is 5.69 Å². The molecule has 0 saturated carbocycles. The summed E-state index contributed by atoms with van der Waals surface area (Å²) in [5.41, 5.74) is 4.36. The fourth-order valence-corrected chi connectivity index (χ4v) is 5.49. The summed E-state index contributed by atoms with van der Waals surface area (Å²) < 4.78 is 31.7. The molecule has 2 heterocycles. The molecule has 4 rings (SSSR count). The Bertz CT molecular complexity index is 1270. The first-order valence-corrected chi connectivity index (χ1v) is 12.2. The van der Waals surface area contributed by atoms with Crippen molar-refractivity contribution in [2.75, 3.05) is 25.5 Å². The zero-order valence-electron chi connectivity index (χ0n) is 19.5. The van der Waals surface area contributed by atoms with Gasteiger partial charge in [0.05, 0.1) is 30.2 Å². The summed E-state index contributed by atoms with van der Waals surface area (Å²) in [5, 5.41) is 9.46. The SMILES string of the molecule is CN(C)S(=O)(=O)N1Cc2cc(C#N)ccc2N(Cc2cncn2C)C[C@H]1Cc1ccccc1.Cl. The summed E-state index contributed by atoms with van der Waals surface area (Å²) in [6, 6.07) is 17.3. The maximum Gasteiger partial charge on any atom is 0.282 e. The van der Waals surface area contributed by atoms with Crippen LogP contribution in [0.1, 0.15) is 22.4 Å². The highest BCUT2D eigenvalue weighted by Gasteiger charge is 2.37. The quantitative estimate of drug-likeness (QED) is 0.519. The standard InChI is InChI=1S/C24H28N6O2S.ClH/c1-27(2)33(31,32)30-15-21-11-20(13-25)9-10-24(21)29(17-23-14-26-18-28(23)3)16-22(30)12-19-7-5-4-6-8-19;/h4-11,14,18,22H,12,15-17H2,1-3H3;1H/t22-;/m1./s1. The van der Waals surface area contributed by atoms with Crippen LogP contribution in [0.5, 0.6) is 0 Å². The van der Waals surface area contributed by atoms with E-state index in [0.717, 1.165) is 22.5 Å². The molecule has 0 amide bonds. The molecule has 180 valence electrons. The molecule has 34 heavy (non-hydrogen) atoms. The number of aromatic nitrogens is 2. The first-order chi connectivity index (χ1) is 15.8. The van der Waals surface area contributed by atoms with E-state index < -0.39 is 10.2 Å². The Hall–Kier alpha value is -2.90. The Morgan fingerprint density at radius 2 is 1.91 bits per heavy atom. The smallest absolute Gasteiger partial charge is 0.282 e. The monoisotopic (exact) mass is 500 g/mol. The van der Waals surface area contributed by atoms with Crippen molar-refractivity contribution in [3.63, 3.8) is 0 Å². The first kappa shape index (κ1) is 25.7. The molecule has 0 aliphatic carbocycles. The summed E-state index contributed by atoms with van der Waals surface area (Å²) in [6.45, 7) is 1.29. The fourth-order valence-electron chi connectivity index (χ4n) is 4.25. The highest BCUT2D eigenvalue weighted by molar-refractivity contribution is 7.86. The van der Waals surface area contributed by atoms with Gasteiger partial charge in [0.1, 0.15) is 0 Å². The zero-order valence-corrected chi connectivity index (χ0v) is 21.1. The largest absolute Gasteiger partial charge is 0.364 e. The van der Waals surface area contributed by atoms with Crippen molar-refractivity contribution in [3.8, 4) is 6.07 Å². The summed E-state index contributed by atoms with van der Waals surface area (Å²) in [5.74, 6) is 0. The van der Waals surface area contributed by atoms with Crippen LogP contribution in [0.3, 0.4) is 0 Å². The van der Waals surface area contributed by atoms with Gasteiger partial charge in [0.2, 0.25) is 0 Å². The Balaban J connectivity index is 0.00000324. The van der Waals surface area contributed by atoms with E-state index in [1.54, 1.807) is 36.9 Å². The lowest BCUT2D eigenvalue weighted by atomic mass is 10.1. The van der Waals surface area contributed by atoms with Crippen LogP contribution in [0.25, 0.3) is 0 Å². The first-order valence-electron chi connectivity index (χ1n) is 10.8. The van der Waals surface area contributed by atoms with Crippen molar-refractivity contribution in [3.05, 3.63) is 83.4 Å². The van der Waals surface area contributed by atoms with Crippen LogP contribution in [0.15, 0.2) is 61.1 Å². The number of nitriles is 1. The van der Waals surface area contributed by atoms with Crippen LogP contribution in [-0.4, -0.2) is 53.3 Å². The Morgan fingerprint density at radius 1 is 1.18 bits per heavy atom. The molecular formula is C24H29ClN6O2S. The average molecular weight is 501 g/mol. The molecule has 0 saturated heterocycles. The second-order valence-electron chi connectivity index (χ2n) is 8.51. The van der Waals surface area contributed by atoms with E-state index in [4.69, 9.17) is 0 Å². The topological polar surface area (TPSA) is 85.5 Å². The molecule has 0 N–H and O–H groups in total. The molecule has 8 nitrogen and oxygen atoms in total. The van der Waals surface area contributed by atoms with Gasteiger partial charge in [-0.1, -0.05) is 30.3 Å². The fraction of sp³-hybridized carbons (Fsp3) is 0.333. The van der Waals surface area contributed by atoms with Gasteiger partial charge in [0, 0.05) is 52.2 Å². The maximum absolute atomic E-state index is 13.4. The number of fused-ring (bicyclic) bond motifs is 1. The van der Waals surface area contributed by atoms with E-state index in [1.165, 1.54) is 4.31 Å². The third-order valence-electron chi connectivity index (χ3n) is 6.06. The van der Waals surface area contributed by atoms with Crippen LogP contribution < -0.4 is 4.90 Å². The number of halogens is 1. The summed E-state index contributed by atoms with van der Waals surface area (Å²) >= 11 is 0. The van der Waals surface area contributed by atoms with Crippen LogP contribution in [0.2, 0.25) is 0 Å². The molecule has 0 radical (unpaired) electrons. The zero-order chi connectivity index (χ0) is 23.6. The van der Waals surface area contributed by atoms with Gasteiger partial charge in [0.15, 0.2) is 0 Å². The minimum atomic E-state index is -3.71. The Morgan fingerprint density at radius 3 is 2.53 bits per heavy atom. The predicted molar refractivity (Wildman–Crippen MR) is 135 cm³/mol. The number of imidazole rings is 1. The number of anilines is 1. The molecule has 0 spiro atoms. The summed E-state index contributed by atoms with van der Waals surface area (Å²) in [4.78, 5) is 6.44. The number of hydrogen-bond acceptors (Lipinski definition) is 5. The van der Waals surface area contributed by atoms with Gasteiger partial charge in [0.25, 0.3) is 10.2 Å². The van der Waals surface area contributed by atoms with Crippen molar-refractivity contribution in [2.24, 2.45) is 7.05 Å². The van der Waals surface area contributed by atoms with E-state index in [1.807, 2.05) is 54.2 Å². The molecule has 0 fully saturated rings. The van der Waals surface area contributed by atoms with Gasteiger partial charge in [-0.15, -0.1) is 12.4 Å². The number of rotatable bonds is 6. The van der Waals surface area contributed by atoms with Crippen LogP contribution in [0, 0.1) is 11.3 Å². The van der Waals surface area contributed by atoms with E-state index >= 15 is 0 Å². The lowest BCUT2D eigenvalue weighted by Crippen LogP contribution is -2.49. The number of aryl methyl sites for hydroxylation is 1. The van der Waals surface area contributed by atoms with Crippen molar-refractivity contribution in [1.29, 1.82) is 5.26 Å². The van der Waals surface area contributed by atoms with E-state index in [9.17, 15) is 13.7 Å². The molecule has 1 aromatic heterocycles. The molecule has 1 aliphatic heterocycles. The number of benzene rings is 2. The molecule has 0 unspecified atom stereocenters. The lowest BCUT2D eigenvalue weighted by Gasteiger charge is -2.33. The third kappa shape index (κ3) is 5.26. The van der Waals surface area contributed by atoms with Crippen LogP contribution in [-0.2, 0) is 36.8 Å². The summed E-state index contributed by atoms with van der Waals surface area (Å²) in [6.07, 6.45) is 4.17. The highest BCUT2D eigenvalue weighted by Crippen LogP contribution is 2.32. The van der Waals surface area contributed by atoms with Crippen LogP contribution >= 0.6 is 12.4 Å². The highest BCUT2D eigenvalue weighted by atomic mass is 35.5. The van der Waals surface area contributed by atoms with Crippen molar-refractivity contribution >= 4 is 28.3 Å². The second-order valence-corrected chi connectivity index (χ2v) is 10.6. The van der Waals surface area contributed by atoms with Crippen molar-refractivity contribution in [2.45, 2.75) is 25.6 Å². The minimum absolute atomic E-state index is 0. The Kier molecular flexibility index (Phi) is 8.00. The molecule has 1 atom stereocenters. The van der Waals surface area contributed by atoms with Crippen molar-refractivity contribution < 1.29 is 8.42 Å². The normalized spacial score (nSPS) is 16.4. The predicted octanol–water partition coefficient (Wildman–Crippen LogP) is 2.95. The number of hydrogen-bond donors (Lipinski definition) is 0. The maximum atomic E-state index is 13.4. The van der Waals surface area contributed by atoms with Gasteiger partial charge in [-0.25, -0.2) is 4.98 Å². The van der Waals surface area contributed by atoms with Gasteiger partial charge in [-0.05, 0) is 35.7 Å². The Labute approximate surface area is 207 Å². The second kappa shape index (κ2) is 10.6. The minimum Gasteiger partial charge on any atom is -0.364 e.